The zero-order chi connectivity index (χ0) is 14.2. The van der Waals surface area contributed by atoms with E-state index in [-0.39, 0.29) is 5.54 Å². The van der Waals surface area contributed by atoms with Crippen molar-refractivity contribution in [3.05, 3.63) is 0 Å². The molecule has 0 heterocycles. The fourth-order valence-electron chi connectivity index (χ4n) is 2.11. The highest BCUT2D eigenvalue weighted by atomic mass is 16.5. The molecule has 0 aliphatic carbocycles. The van der Waals surface area contributed by atoms with Crippen molar-refractivity contribution in [3.8, 4) is 0 Å². The molecule has 2 unspecified atom stereocenters. The van der Waals surface area contributed by atoms with Gasteiger partial charge in [-0.25, -0.2) is 0 Å². The van der Waals surface area contributed by atoms with Crippen LogP contribution >= 0.6 is 0 Å². The van der Waals surface area contributed by atoms with Crippen LogP contribution in [0.5, 0.6) is 0 Å². The number of nitrogens with zero attached hydrogens (tertiary/aromatic N) is 1. The maximum Gasteiger partial charge on any atom is 0.0589 e. The zero-order valence-corrected chi connectivity index (χ0v) is 13.5. The Balaban J connectivity index is 4.49. The lowest BCUT2D eigenvalue weighted by molar-refractivity contribution is 0.0825. The predicted octanol–water partition coefficient (Wildman–Crippen LogP) is 2.90. The Bertz CT molecular complexity index is 201. The maximum absolute atomic E-state index is 5.24. The van der Waals surface area contributed by atoms with E-state index in [0.29, 0.717) is 12.1 Å². The van der Waals surface area contributed by atoms with Crippen molar-refractivity contribution >= 4 is 0 Å². The quantitative estimate of drug-likeness (QED) is 0.688. The van der Waals surface area contributed by atoms with Crippen molar-refractivity contribution in [2.75, 3.05) is 26.8 Å². The van der Waals surface area contributed by atoms with Crippen molar-refractivity contribution < 1.29 is 4.74 Å². The highest BCUT2D eigenvalue weighted by Crippen LogP contribution is 2.12. The van der Waals surface area contributed by atoms with Crippen LogP contribution in [0.1, 0.15) is 54.4 Å². The van der Waals surface area contributed by atoms with Crippen LogP contribution in [-0.4, -0.2) is 49.3 Å². The standard InChI is InChI=1S/C15H34N2O/c1-8-13(3)17(10-11-18-7)14(9-2)12-16-15(4,5)6/h13-14,16H,8-12H2,1-7H3. The van der Waals surface area contributed by atoms with Crippen LogP contribution in [0.15, 0.2) is 0 Å². The smallest absolute Gasteiger partial charge is 0.0589 e. The van der Waals surface area contributed by atoms with E-state index in [2.05, 4.69) is 51.8 Å². The van der Waals surface area contributed by atoms with Gasteiger partial charge in [-0.1, -0.05) is 13.8 Å². The normalized spacial score (nSPS) is 16.0. The minimum Gasteiger partial charge on any atom is -0.383 e. The topological polar surface area (TPSA) is 24.5 Å². The molecule has 0 spiro atoms. The van der Waals surface area contributed by atoms with Crippen LogP contribution in [0.3, 0.4) is 0 Å². The van der Waals surface area contributed by atoms with E-state index in [4.69, 9.17) is 4.74 Å². The average molecular weight is 258 g/mol. The highest BCUT2D eigenvalue weighted by Gasteiger charge is 2.22. The third-order valence-corrected chi connectivity index (χ3v) is 3.52. The van der Waals surface area contributed by atoms with Gasteiger partial charge in [-0.15, -0.1) is 0 Å². The largest absolute Gasteiger partial charge is 0.383 e. The summed E-state index contributed by atoms with van der Waals surface area (Å²) in [4.78, 5) is 2.59. The van der Waals surface area contributed by atoms with Gasteiger partial charge in [-0.2, -0.15) is 0 Å². The molecule has 0 rings (SSSR count). The van der Waals surface area contributed by atoms with E-state index in [1.165, 1.54) is 12.8 Å². The number of ether oxygens (including phenoxy) is 1. The van der Waals surface area contributed by atoms with E-state index in [9.17, 15) is 0 Å². The Kier molecular flexibility index (Phi) is 8.83. The van der Waals surface area contributed by atoms with Crippen LogP contribution in [0.2, 0.25) is 0 Å². The number of rotatable bonds is 9. The van der Waals surface area contributed by atoms with E-state index in [1.807, 2.05) is 0 Å². The molecule has 18 heavy (non-hydrogen) atoms. The minimum absolute atomic E-state index is 0.190. The Hall–Kier alpha value is -0.120. The molecule has 0 saturated heterocycles. The van der Waals surface area contributed by atoms with Gasteiger partial charge >= 0.3 is 0 Å². The lowest BCUT2D eigenvalue weighted by Crippen LogP contribution is -2.51. The third-order valence-electron chi connectivity index (χ3n) is 3.52. The molecule has 3 nitrogen and oxygen atoms in total. The SMILES string of the molecule is CCC(C)N(CCOC)C(CC)CNC(C)(C)C. The minimum atomic E-state index is 0.190. The molecule has 0 aliphatic rings. The first-order valence-corrected chi connectivity index (χ1v) is 7.35. The number of nitrogens with one attached hydrogen (secondary N) is 1. The van der Waals surface area contributed by atoms with Gasteiger partial charge in [0.2, 0.25) is 0 Å². The van der Waals surface area contributed by atoms with Gasteiger partial charge < -0.3 is 10.1 Å². The molecule has 0 aromatic heterocycles. The van der Waals surface area contributed by atoms with E-state index >= 15 is 0 Å². The summed E-state index contributed by atoms with van der Waals surface area (Å²) in [7, 11) is 1.78. The Labute approximate surface area is 114 Å². The Morgan fingerprint density at radius 1 is 1.17 bits per heavy atom. The first kappa shape index (κ1) is 17.9. The van der Waals surface area contributed by atoms with Crippen molar-refractivity contribution in [1.29, 1.82) is 0 Å². The molecular formula is C15H34N2O. The summed E-state index contributed by atoms with van der Waals surface area (Å²) in [5, 5.41) is 3.63. The van der Waals surface area contributed by atoms with E-state index < -0.39 is 0 Å². The molecule has 1 N–H and O–H groups in total. The first-order chi connectivity index (χ1) is 8.35. The van der Waals surface area contributed by atoms with Gasteiger partial charge in [0.15, 0.2) is 0 Å². The molecule has 0 fully saturated rings. The second-order valence-corrected chi connectivity index (χ2v) is 6.18. The van der Waals surface area contributed by atoms with E-state index in [1.54, 1.807) is 7.11 Å². The van der Waals surface area contributed by atoms with Crippen LogP contribution < -0.4 is 5.32 Å². The van der Waals surface area contributed by atoms with Crippen LogP contribution in [-0.2, 0) is 4.74 Å². The second kappa shape index (κ2) is 8.89. The summed E-state index contributed by atoms with van der Waals surface area (Å²) in [6, 6.07) is 1.21. The van der Waals surface area contributed by atoms with Crippen LogP contribution in [0.4, 0.5) is 0 Å². The molecule has 0 bridgehead atoms. The molecule has 3 heteroatoms. The summed E-state index contributed by atoms with van der Waals surface area (Å²) < 4.78 is 5.24. The predicted molar refractivity (Wildman–Crippen MR) is 80.2 cm³/mol. The summed E-state index contributed by atoms with van der Waals surface area (Å²) in [5.74, 6) is 0. The van der Waals surface area contributed by atoms with Crippen LogP contribution in [0, 0.1) is 0 Å². The van der Waals surface area contributed by atoms with Gasteiger partial charge in [0.25, 0.3) is 0 Å². The summed E-state index contributed by atoms with van der Waals surface area (Å²) in [6.07, 6.45) is 2.37. The molecule has 0 aliphatic heterocycles. The van der Waals surface area contributed by atoms with Gasteiger partial charge in [0.05, 0.1) is 6.61 Å². The lowest BCUT2D eigenvalue weighted by atomic mass is 10.1. The van der Waals surface area contributed by atoms with E-state index in [0.717, 1.165) is 19.7 Å². The van der Waals surface area contributed by atoms with Gasteiger partial charge in [0.1, 0.15) is 0 Å². The van der Waals surface area contributed by atoms with Crippen molar-refractivity contribution in [2.24, 2.45) is 0 Å². The molecule has 0 aromatic rings. The Morgan fingerprint density at radius 3 is 2.17 bits per heavy atom. The first-order valence-electron chi connectivity index (χ1n) is 7.35. The number of methoxy groups -OCH3 is 1. The summed E-state index contributed by atoms with van der Waals surface area (Å²) in [5.41, 5.74) is 0.190. The van der Waals surface area contributed by atoms with Gasteiger partial charge in [-0.05, 0) is 40.5 Å². The van der Waals surface area contributed by atoms with Crippen molar-refractivity contribution in [1.82, 2.24) is 10.2 Å². The average Bonchev–Trinajstić information content (AvgIpc) is 2.31. The van der Waals surface area contributed by atoms with Gasteiger partial charge in [0, 0.05) is 37.8 Å². The lowest BCUT2D eigenvalue weighted by Gasteiger charge is -2.37. The molecule has 2 atom stereocenters. The van der Waals surface area contributed by atoms with Crippen molar-refractivity contribution in [2.45, 2.75) is 72.0 Å². The second-order valence-electron chi connectivity index (χ2n) is 6.18. The van der Waals surface area contributed by atoms with Gasteiger partial charge in [-0.3, -0.25) is 4.90 Å². The van der Waals surface area contributed by atoms with Crippen LogP contribution in [0.25, 0.3) is 0 Å². The monoisotopic (exact) mass is 258 g/mol. The highest BCUT2D eigenvalue weighted by molar-refractivity contribution is 4.81. The fraction of sp³-hybridized carbons (Fsp3) is 1.00. The molecule has 110 valence electrons. The molecule has 0 amide bonds. The molecule has 0 aromatic carbocycles. The van der Waals surface area contributed by atoms with Crippen molar-refractivity contribution in [3.63, 3.8) is 0 Å². The maximum atomic E-state index is 5.24. The molecular weight excluding hydrogens is 224 g/mol. The zero-order valence-electron chi connectivity index (χ0n) is 13.5. The molecule has 0 radical (unpaired) electrons. The third kappa shape index (κ3) is 7.34. The number of hydrogen-bond acceptors (Lipinski definition) is 3. The number of hydrogen-bond donors (Lipinski definition) is 1. The molecule has 0 saturated carbocycles. The fourth-order valence-corrected chi connectivity index (χ4v) is 2.11. The summed E-state index contributed by atoms with van der Waals surface area (Å²) >= 11 is 0. The summed E-state index contributed by atoms with van der Waals surface area (Å²) in [6.45, 7) is 16.4. The Morgan fingerprint density at radius 2 is 1.78 bits per heavy atom.